The van der Waals surface area contributed by atoms with Gasteiger partial charge in [-0.1, -0.05) is 34.8 Å². The van der Waals surface area contributed by atoms with Gasteiger partial charge in [0.15, 0.2) is 29.1 Å². The summed E-state index contributed by atoms with van der Waals surface area (Å²) in [4.78, 5) is 49.5. The molecule has 0 aliphatic heterocycles. The van der Waals surface area contributed by atoms with Crippen molar-refractivity contribution in [3.8, 4) is 47.3 Å². The van der Waals surface area contributed by atoms with Crippen LogP contribution in [0.1, 0.15) is 210 Å². The number of hydrogen-bond acceptors (Lipinski definition) is 22. The Balaban J connectivity index is 0.000000161. The van der Waals surface area contributed by atoms with Crippen LogP contribution in [0, 0.1) is 103 Å². The number of alkyl halides is 8. The molecule has 0 saturated heterocycles. The van der Waals surface area contributed by atoms with Crippen molar-refractivity contribution in [3.05, 3.63) is 209 Å². The maximum Gasteiger partial charge on any atom is 0.338 e. The van der Waals surface area contributed by atoms with Gasteiger partial charge in [0.2, 0.25) is 23.7 Å². The van der Waals surface area contributed by atoms with Gasteiger partial charge >= 0.3 is 11.9 Å². The Hall–Kier alpha value is -12.2. The van der Waals surface area contributed by atoms with Crippen molar-refractivity contribution in [2.45, 2.75) is 233 Å². The SMILES string of the molecule is CCOC(=O)c1cc(NC2CCC(F)(F)CC2)nc(-n2nc(C)cc2C)c1.Cc1cc(C)n(-c2cc(C#N)cc(Cl)n2)n1.Cc1cc(C)n(-c2cc(C#N)cc(NC3CCC(F)(F)CC3)n2)n1.Cc1cc(C)n(-c2cc(C(=O)O)cc(NC3CCC(F)(F)CC3)n2)n1.Cc1cc(C)n(-c2cc(CO)cc(NC3CCC(F)(F)CC3)n2)n1.N#Cc1cc(Cl)nc(Cl)c1. The van der Waals surface area contributed by atoms with E-state index in [4.69, 9.17) is 50.1 Å². The number of aliphatic hydroxyl groups is 1. The molecule has 0 aromatic carbocycles. The number of carboxylic acids is 1. The van der Waals surface area contributed by atoms with Crippen LogP contribution in [0.15, 0.2) is 103 Å². The van der Waals surface area contributed by atoms with Gasteiger partial charge in [0.25, 0.3) is 0 Å². The lowest BCUT2D eigenvalue weighted by molar-refractivity contribution is -0.0366. The number of anilines is 4. The van der Waals surface area contributed by atoms with Gasteiger partial charge in [0.1, 0.15) is 38.7 Å². The molecule has 11 heterocycles. The van der Waals surface area contributed by atoms with E-state index in [1.807, 2.05) is 112 Å². The van der Waals surface area contributed by atoms with Gasteiger partial charge in [0.05, 0.1) is 87.7 Å². The summed E-state index contributed by atoms with van der Waals surface area (Å²) in [6.07, 6.45) is 1.87. The summed E-state index contributed by atoms with van der Waals surface area (Å²) in [7, 11) is 0. The molecular weight excluding hydrogens is 1710 g/mol. The fraction of sp³-hybridized carbons (Fsp3) is 0.425. The molecule has 11 aromatic rings. The number of pyridine rings is 6. The minimum atomic E-state index is -2.61. The maximum absolute atomic E-state index is 13.4. The second-order valence-electron chi connectivity index (χ2n) is 31.4. The number of carbonyl (C=O) groups excluding carboxylic acids is 1. The largest absolute Gasteiger partial charge is 0.478 e. The molecule has 6 N–H and O–H groups in total. The van der Waals surface area contributed by atoms with Crippen LogP contribution in [-0.4, -0.2) is 155 Å². The number of aromatic nitrogens is 16. The number of nitrogens with zero attached hydrogens (tertiary/aromatic N) is 19. The third kappa shape index (κ3) is 27.7. The first-order valence-electron chi connectivity index (χ1n) is 40.6. The molecule has 15 rings (SSSR count). The Labute approximate surface area is 737 Å². The lowest BCUT2D eigenvalue weighted by Crippen LogP contribution is -2.32. The standard InChI is InChI=1S/C19H24F2N4O2.C17H19F2N5.C17H20F2N4O2.C17H22F2N4O.C11H9ClN4.C6H2Cl2N2/c1-4-27-18(26)14-10-16(22-15-5-7-19(20,21)8-6-15)23-17(11-14)25-13(3)9-12(2)24-25;1-11-7-12(2)24(23-11)16-9-13(10-20)8-15(22-16)21-14-3-5-17(18,19)6-4-14;1-10-7-11(2)23(22-10)15-9-12(16(24)25)8-14(21-15)20-13-3-5-17(18,19)6-4-13;1-11-7-12(2)23(22-11)16-9-13(10-24)8-15(21-16)20-14-3-5-17(18,19)6-4-14;1-7-3-8(2)16(15-7)11-5-9(6-13)4-10(12)14-11;7-5-1-4(3-9)2-6(8)10-5/h9-11,15H,4-8H2,1-3H3,(H,22,23);7-9,14H,3-6H2,1-2H3,(H,21,22);7-9,13H,3-6H2,1-2H3,(H,20,21)(H,24,25);7-9,14,24H,3-6,10H2,1-2H3,(H,20,21);3-5H,1-2H3;1-2H. The maximum atomic E-state index is 13.4. The Bertz CT molecular complexity index is 5750. The fourth-order valence-electron chi connectivity index (χ4n) is 14.5. The predicted octanol–water partition coefficient (Wildman–Crippen LogP) is 19.4. The summed E-state index contributed by atoms with van der Waals surface area (Å²) in [6, 6.07) is 34.3. The molecule has 0 unspecified atom stereocenters. The number of ether oxygens (including phenoxy) is 1. The highest BCUT2D eigenvalue weighted by Gasteiger charge is 2.39. The summed E-state index contributed by atoms with van der Waals surface area (Å²) in [6.45, 7) is 20.8. The molecule has 11 aromatic heterocycles. The van der Waals surface area contributed by atoms with Gasteiger partial charge in [0, 0.05) is 116 Å². The van der Waals surface area contributed by atoms with Crippen molar-refractivity contribution in [3.63, 3.8) is 0 Å². The van der Waals surface area contributed by atoms with Crippen LogP contribution >= 0.6 is 34.8 Å². The topological polar surface area (TPSA) is 370 Å². The monoisotopic (exact) mass is 1800 g/mol. The zero-order chi connectivity index (χ0) is 91.7. The van der Waals surface area contributed by atoms with Gasteiger partial charge in [-0.25, -0.2) is 98.0 Å². The van der Waals surface area contributed by atoms with Crippen molar-refractivity contribution >= 4 is 70.0 Å². The predicted molar refractivity (Wildman–Crippen MR) is 460 cm³/mol. The molecule has 28 nitrogen and oxygen atoms in total. The molecule has 4 fully saturated rings. The molecular formula is C87H96Cl3F8N23O5. The zero-order valence-electron chi connectivity index (χ0n) is 71.1. The summed E-state index contributed by atoms with van der Waals surface area (Å²) in [5.41, 5.74) is 11.3. The van der Waals surface area contributed by atoms with E-state index in [0.29, 0.717) is 137 Å². The van der Waals surface area contributed by atoms with Crippen LogP contribution in [0.2, 0.25) is 15.5 Å². The van der Waals surface area contributed by atoms with Gasteiger partial charge in [-0.05, 0) is 224 Å². The second kappa shape index (κ2) is 42.2. The number of hydrogen-bond donors (Lipinski definition) is 6. The van der Waals surface area contributed by atoms with Gasteiger partial charge in [-0.3, -0.25) is 0 Å². The molecule has 4 aliphatic rings. The lowest BCUT2D eigenvalue weighted by atomic mass is 9.92. The van der Waals surface area contributed by atoms with Crippen LogP contribution in [0.3, 0.4) is 0 Å². The number of carbonyl (C=O) groups is 2. The minimum absolute atomic E-state index is 0.0284. The molecule has 126 heavy (non-hydrogen) atoms. The quantitative estimate of drug-likeness (QED) is 0.0280. The van der Waals surface area contributed by atoms with E-state index in [1.54, 1.807) is 72.8 Å². The van der Waals surface area contributed by atoms with Crippen LogP contribution in [-0.2, 0) is 11.3 Å². The summed E-state index contributed by atoms with van der Waals surface area (Å²) in [5.74, 6) is -7.34. The van der Waals surface area contributed by atoms with E-state index in [-0.39, 0.29) is 105 Å². The number of esters is 1. The Kier molecular flexibility index (Phi) is 32.2. The molecule has 0 atom stereocenters. The Morgan fingerprint density at radius 1 is 0.389 bits per heavy atom. The normalized spacial score (nSPS) is 15.8. The number of rotatable bonds is 17. The first-order chi connectivity index (χ1) is 59.5. The zero-order valence-corrected chi connectivity index (χ0v) is 73.4. The molecule has 0 radical (unpaired) electrons. The van der Waals surface area contributed by atoms with E-state index in [2.05, 4.69) is 82.7 Å². The lowest BCUT2D eigenvalue weighted by Gasteiger charge is -2.29. The third-order valence-corrected chi connectivity index (χ3v) is 21.2. The van der Waals surface area contributed by atoms with Crippen molar-refractivity contribution in [1.29, 1.82) is 15.8 Å². The van der Waals surface area contributed by atoms with Crippen LogP contribution in [0.5, 0.6) is 0 Å². The second-order valence-corrected chi connectivity index (χ2v) is 32.5. The highest BCUT2D eigenvalue weighted by atomic mass is 35.5. The van der Waals surface area contributed by atoms with Gasteiger partial charge < -0.3 is 36.2 Å². The van der Waals surface area contributed by atoms with E-state index in [1.165, 1.54) is 30.3 Å². The summed E-state index contributed by atoms with van der Waals surface area (Å²) >= 11 is 16.8. The van der Waals surface area contributed by atoms with Crippen molar-refractivity contribution in [2.75, 3.05) is 27.9 Å². The van der Waals surface area contributed by atoms with Crippen molar-refractivity contribution in [2.24, 2.45) is 0 Å². The van der Waals surface area contributed by atoms with Gasteiger partial charge in [-0.15, -0.1) is 0 Å². The number of halogens is 11. The van der Waals surface area contributed by atoms with Crippen LogP contribution < -0.4 is 21.3 Å². The Morgan fingerprint density at radius 2 is 0.651 bits per heavy atom. The molecule has 0 bridgehead atoms. The molecule has 666 valence electrons. The third-order valence-electron chi connectivity index (χ3n) is 20.6. The summed E-state index contributed by atoms with van der Waals surface area (Å²) < 4.78 is 120. The van der Waals surface area contributed by atoms with Crippen molar-refractivity contribution < 1.29 is 59.7 Å². The van der Waals surface area contributed by atoms with Crippen molar-refractivity contribution in [1.82, 2.24) is 78.8 Å². The van der Waals surface area contributed by atoms with E-state index >= 15 is 0 Å². The van der Waals surface area contributed by atoms with E-state index in [9.17, 15) is 60.2 Å². The molecule has 4 saturated carbocycles. The highest BCUT2D eigenvalue weighted by Crippen LogP contribution is 2.39. The van der Waals surface area contributed by atoms with E-state index in [0.717, 1.165) is 56.9 Å². The van der Waals surface area contributed by atoms with E-state index < -0.39 is 35.6 Å². The number of nitrogens with one attached hydrogen (secondary N) is 4. The molecule has 0 amide bonds. The highest BCUT2D eigenvalue weighted by molar-refractivity contribution is 6.32. The average Bonchev–Trinajstić information content (AvgIpc) is 1.59. The van der Waals surface area contributed by atoms with Crippen LogP contribution in [0.25, 0.3) is 29.1 Å². The number of carboxylic acid groups (broad SMARTS) is 1. The van der Waals surface area contributed by atoms with Crippen LogP contribution in [0.4, 0.5) is 58.4 Å². The molecule has 0 spiro atoms. The Morgan fingerprint density at radius 3 is 0.944 bits per heavy atom. The number of nitriles is 3. The first-order valence-corrected chi connectivity index (χ1v) is 41.7. The molecule has 39 heteroatoms. The number of aromatic carboxylic acids is 1. The number of aryl methyl sites for hydroxylation is 10. The first kappa shape index (κ1) is 96.0. The fourth-order valence-corrected chi connectivity index (χ4v) is 15.2. The smallest absolute Gasteiger partial charge is 0.338 e. The average molecular weight is 1800 g/mol. The minimum Gasteiger partial charge on any atom is -0.478 e. The molecule has 4 aliphatic carbocycles. The number of aliphatic hydroxyl groups excluding tert-OH is 1. The van der Waals surface area contributed by atoms with Gasteiger partial charge in [-0.2, -0.15) is 41.3 Å². The summed E-state index contributed by atoms with van der Waals surface area (Å²) in [5, 5.41) is 80.6.